The van der Waals surface area contributed by atoms with Crippen LogP contribution < -0.4 is 0 Å². The Morgan fingerprint density at radius 1 is 1.07 bits per heavy atom. The normalized spacial score (nSPS) is 17.0. The maximum Gasteiger partial charge on any atom is 0.153 e. The van der Waals surface area contributed by atoms with Crippen LogP contribution in [-0.2, 0) is 0 Å². The van der Waals surface area contributed by atoms with E-state index in [1.54, 1.807) is 0 Å². The Morgan fingerprint density at radius 3 is 2.64 bits per heavy atom. The van der Waals surface area contributed by atoms with Gasteiger partial charge in [0.15, 0.2) is 5.16 Å². The predicted octanol–water partition coefficient (Wildman–Crippen LogP) is 2.96. The zero-order chi connectivity index (χ0) is 9.38. The largest absolute Gasteiger partial charge is 0.334 e. The van der Waals surface area contributed by atoms with Crippen LogP contribution in [0.25, 0.3) is 11.0 Å². The van der Waals surface area contributed by atoms with E-state index in [9.17, 15) is 0 Å². The molecule has 1 aliphatic heterocycles. The van der Waals surface area contributed by atoms with Gasteiger partial charge in [0, 0.05) is 0 Å². The Labute approximate surface area is 84.7 Å². The van der Waals surface area contributed by atoms with Crippen LogP contribution in [0, 0.1) is 0 Å². The molecule has 0 spiro atoms. The number of para-hydroxylation sites is 2. The second-order valence-electron chi connectivity index (χ2n) is 3.17. The summed E-state index contributed by atoms with van der Waals surface area (Å²) in [4.78, 5) is 7.92. The number of aromatic nitrogens is 2. The fourth-order valence-corrected chi connectivity index (χ4v) is 2.96. The van der Waals surface area contributed by atoms with E-state index >= 15 is 0 Å². The second-order valence-corrected chi connectivity index (χ2v) is 5.00. The number of H-pyrrole nitrogens is 1. The van der Waals surface area contributed by atoms with Gasteiger partial charge in [-0.1, -0.05) is 24.3 Å². The topological polar surface area (TPSA) is 28.7 Å². The van der Waals surface area contributed by atoms with E-state index in [0.717, 1.165) is 16.2 Å². The van der Waals surface area contributed by atoms with E-state index in [4.69, 9.17) is 0 Å². The van der Waals surface area contributed by atoms with Gasteiger partial charge in [-0.25, -0.2) is 4.98 Å². The number of benzene rings is 1. The number of aromatic amines is 1. The molecule has 2 nitrogen and oxygen atoms in total. The predicted molar refractivity (Wildman–Crippen MR) is 61.6 cm³/mol. The number of nitrogens with one attached hydrogen (secondary N) is 1. The number of imidazole rings is 1. The van der Waals surface area contributed by atoms with Crippen molar-refractivity contribution >= 4 is 21.9 Å². The summed E-state index contributed by atoms with van der Waals surface area (Å²) in [7, 11) is -0.315. The van der Waals surface area contributed by atoms with Crippen molar-refractivity contribution in [3.05, 3.63) is 47.2 Å². The lowest BCUT2D eigenvalue weighted by atomic mass is 10.3. The molecule has 2 heterocycles. The average Bonchev–Trinajstić information content (AvgIpc) is 2.86. The van der Waals surface area contributed by atoms with Crippen LogP contribution in [0.5, 0.6) is 0 Å². The summed E-state index contributed by atoms with van der Waals surface area (Å²) in [6, 6.07) is 8.14. The van der Waals surface area contributed by atoms with Crippen molar-refractivity contribution in [1.82, 2.24) is 9.97 Å². The van der Waals surface area contributed by atoms with Crippen molar-refractivity contribution < 1.29 is 0 Å². The molecule has 0 unspecified atom stereocenters. The first-order valence-corrected chi connectivity index (χ1v) is 5.99. The number of rotatable bonds is 1. The van der Waals surface area contributed by atoms with Crippen LogP contribution in [0.4, 0.5) is 0 Å². The molecule has 0 saturated heterocycles. The minimum Gasteiger partial charge on any atom is -0.334 e. The molecular formula is C11H10N2S. The molecule has 0 saturated carbocycles. The SMILES string of the molecule is C1=C[SH](c2nc3ccccc3[nH]2)C=C1. The van der Waals surface area contributed by atoms with Crippen LogP contribution in [-0.4, -0.2) is 9.97 Å². The summed E-state index contributed by atoms with van der Waals surface area (Å²) in [5, 5.41) is 5.49. The van der Waals surface area contributed by atoms with Crippen LogP contribution in [0.2, 0.25) is 0 Å². The lowest BCUT2D eigenvalue weighted by molar-refractivity contribution is 1.08. The summed E-state index contributed by atoms with van der Waals surface area (Å²) in [5.41, 5.74) is 2.18. The molecule has 1 aliphatic rings. The van der Waals surface area contributed by atoms with Crippen molar-refractivity contribution in [2.75, 3.05) is 0 Å². The van der Waals surface area contributed by atoms with E-state index in [1.807, 2.05) is 18.2 Å². The van der Waals surface area contributed by atoms with Crippen LogP contribution in [0.15, 0.2) is 52.4 Å². The molecule has 0 atom stereocenters. The molecule has 1 aromatic carbocycles. The summed E-state index contributed by atoms with van der Waals surface area (Å²) < 4.78 is 0. The Balaban J connectivity index is 2.14. The third kappa shape index (κ3) is 1.17. The van der Waals surface area contributed by atoms with Gasteiger partial charge in [0.05, 0.1) is 11.0 Å². The molecule has 3 rings (SSSR count). The van der Waals surface area contributed by atoms with Gasteiger partial charge in [0.25, 0.3) is 0 Å². The fraction of sp³-hybridized carbons (Fsp3) is 0. The molecule has 0 aliphatic carbocycles. The van der Waals surface area contributed by atoms with E-state index in [0.29, 0.717) is 0 Å². The Hall–Kier alpha value is -1.48. The smallest absolute Gasteiger partial charge is 0.153 e. The molecule has 0 radical (unpaired) electrons. The van der Waals surface area contributed by atoms with Crippen LogP contribution >= 0.6 is 10.9 Å². The van der Waals surface area contributed by atoms with Gasteiger partial charge >= 0.3 is 0 Å². The molecule has 2 aromatic rings. The van der Waals surface area contributed by atoms with E-state index < -0.39 is 0 Å². The highest BCUT2D eigenvalue weighted by molar-refractivity contribution is 8.22. The molecular weight excluding hydrogens is 192 g/mol. The molecule has 1 N–H and O–H groups in total. The number of fused-ring (bicyclic) bond motifs is 1. The number of hydrogen-bond acceptors (Lipinski definition) is 1. The third-order valence-electron chi connectivity index (χ3n) is 2.23. The van der Waals surface area contributed by atoms with Crippen molar-refractivity contribution in [2.24, 2.45) is 0 Å². The molecule has 3 heteroatoms. The van der Waals surface area contributed by atoms with Crippen molar-refractivity contribution in [3.63, 3.8) is 0 Å². The zero-order valence-electron chi connectivity index (χ0n) is 7.51. The summed E-state index contributed by atoms with van der Waals surface area (Å²) in [6.07, 6.45) is 4.16. The van der Waals surface area contributed by atoms with Crippen molar-refractivity contribution in [1.29, 1.82) is 0 Å². The minimum absolute atomic E-state index is 0.315. The first-order chi connectivity index (χ1) is 6.93. The molecule has 0 fully saturated rings. The highest BCUT2D eigenvalue weighted by Crippen LogP contribution is 2.40. The monoisotopic (exact) mass is 202 g/mol. The summed E-state index contributed by atoms with van der Waals surface area (Å²) >= 11 is 0. The third-order valence-corrected chi connectivity index (χ3v) is 3.91. The summed E-state index contributed by atoms with van der Waals surface area (Å²) in [5.74, 6) is 0. The lowest BCUT2D eigenvalue weighted by Crippen LogP contribution is -1.75. The number of allylic oxidation sites excluding steroid dienone is 2. The highest BCUT2D eigenvalue weighted by atomic mass is 32.2. The first-order valence-electron chi connectivity index (χ1n) is 4.51. The Morgan fingerprint density at radius 2 is 1.86 bits per heavy atom. The van der Waals surface area contributed by atoms with Crippen LogP contribution in [0.3, 0.4) is 0 Å². The maximum atomic E-state index is 4.57. The van der Waals surface area contributed by atoms with E-state index in [-0.39, 0.29) is 10.9 Å². The number of nitrogens with zero attached hydrogens (tertiary/aromatic N) is 1. The average molecular weight is 202 g/mol. The highest BCUT2D eigenvalue weighted by Gasteiger charge is 2.07. The minimum atomic E-state index is -0.315. The Kier molecular flexibility index (Phi) is 1.70. The molecule has 0 amide bonds. The van der Waals surface area contributed by atoms with E-state index in [1.165, 1.54) is 0 Å². The molecule has 70 valence electrons. The number of hydrogen-bond donors (Lipinski definition) is 2. The van der Waals surface area contributed by atoms with Gasteiger partial charge in [-0.2, -0.15) is 10.9 Å². The van der Waals surface area contributed by atoms with Gasteiger partial charge in [-0.05, 0) is 22.9 Å². The van der Waals surface area contributed by atoms with Gasteiger partial charge < -0.3 is 4.98 Å². The van der Waals surface area contributed by atoms with Crippen LogP contribution in [0.1, 0.15) is 0 Å². The van der Waals surface area contributed by atoms with Gasteiger partial charge in [-0.3, -0.25) is 0 Å². The van der Waals surface area contributed by atoms with Gasteiger partial charge in [0.2, 0.25) is 0 Å². The zero-order valence-corrected chi connectivity index (χ0v) is 8.41. The van der Waals surface area contributed by atoms with Crippen molar-refractivity contribution in [3.8, 4) is 0 Å². The van der Waals surface area contributed by atoms with Gasteiger partial charge in [0.1, 0.15) is 0 Å². The Bertz CT molecular complexity index is 480. The van der Waals surface area contributed by atoms with E-state index in [2.05, 4.69) is 39.0 Å². The van der Waals surface area contributed by atoms with Gasteiger partial charge in [-0.15, -0.1) is 0 Å². The number of thiol groups is 1. The fourth-order valence-electron chi connectivity index (χ4n) is 1.54. The summed E-state index contributed by atoms with van der Waals surface area (Å²) in [6.45, 7) is 0. The molecule has 14 heavy (non-hydrogen) atoms. The first kappa shape index (κ1) is 7.88. The standard InChI is InChI=1S/C11H10N2S/c1-2-6-10-9(5-1)12-11(13-10)14-7-3-4-8-14/h1-8,14H,(H,12,13). The molecule has 1 aromatic heterocycles. The maximum absolute atomic E-state index is 4.57. The quantitative estimate of drug-likeness (QED) is 0.684. The van der Waals surface area contributed by atoms with Crippen molar-refractivity contribution in [2.45, 2.75) is 5.16 Å². The second kappa shape index (κ2) is 3.03. The molecule has 0 bridgehead atoms. The lowest BCUT2D eigenvalue weighted by Gasteiger charge is -2.03.